The summed E-state index contributed by atoms with van der Waals surface area (Å²) in [7, 11) is 0. The van der Waals surface area contributed by atoms with Crippen molar-refractivity contribution in [2.75, 3.05) is 6.54 Å². The molecule has 2 aliphatic rings. The fraction of sp³-hybridized carbons (Fsp3) is 0.500. The fourth-order valence-electron chi connectivity index (χ4n) is 3.93. The van der Waals surface area contributed by atoms with E-state index in [9.17, 15) is 9.90 Å². The SMILES string of the molecule is Cc1[nH]c2ccc(Cl)cc2c1C(=O)NCC1(C2(O)CCC2)CC1. The smallest absolute Gasteiger partial charge is 0.253 e. The van der Waals surface area contributed by atoms with Crippen molar-refractivity contribution in [3.05, 3.63) is 34.5 Å². The molecule has 5 heteroatoms. The molecule has 0 bridgehead atoms. The van der Waals surface area contributed by atoms with Crippen LogP contribution in [-0.2, 0) is 0 Å². The quantitative estimate of drug-likeness (QED) is 0.801. The Labute approximate surface area is 140 Å². The Morgan fingerprint density at radius 2 is 2.09 bits per heavy atom. The molecule has 0 radical (unpaired) electrons. The van der Waals surface area contributed by atoms with E-state index in [4.69, 9.17) is 11.6 Å². The molecule has 122 valence electrons. The average molecular weight is 333 g/mol. The van der Waals surface area contributed by atoms with Crippen molar-refractivity contribution in [3.8, 4) is 0 Å². The van der Waals surface area contributed by atoms with Gasteiger partial charge in [0.15, 0.2) is 0 Å². The molecule has 1 heterocycles. The van der Waals surface area contributed by atoms with Crippen molar-refractivity contribution < 1.29 is 9.90 Å². The first-order chi connectivity index (χ1) is 10.9. The monoisotopic (exact) mass is 332 g/mol. The lowest BCUT2D eigenvalue weighted by atomic mass is 9.69. The number of hydrogen-bond donors (Lipinski definition) is 3. The number of amides is 1. The summed E-state index contributed by atoms with van der Waals surface area (Å²) in [4.78, 5) is 15.9. The predicted molar refractivity (Wildman–Crippen MR) is 90.8 cm³/mol. The summed E-state index contributed by atoms with van der Waals surface area (Å²) in [6.45, 7) is 2.45. The Morgan fingerprint density at radius 1 is 1.35 bits per heavy atom. The molecule has 2 aromatic rings. The van der Waals surface area contributed by atoms with E-state index >= 15 is 0 Å². The number of benzene rings is 1. The highest BCUT2D eigenvalue weighted by molar-refractivity contribution is 6.31. The Kier molecular flexibility index (Phi) is 3.26. The summed E-state index contributed by atoms with van der Waals surface area (Å²) in [5.41, 5.74) is 1.75. The van der Waals surface area contributed by atoms with Gasteiger partial charge >= 0.3 is 0 Å². The Bertz CT molecular complexity index is 788. The Hall–Kier alpha value is -1.52. The molecule has 2 fully saturated rings. The average Bonchev–Trinajstić information content (AvgIpc) is 3.20. The second-order valence-corrected chi connectivity index (χ2v) is 7.60. The van der Waals surface area contributed by atoms with Gasteiger partial charge in [-0.25, -0.2) is 0 Å². The molecule has 1 aromatic carbocycles. The topological polar surface area (TPSA) is 65.1 Å². The minimum Gasteiger partial charge on any atom is -0.389 e. The van der Waals surface area contributed by atoms with E-state index in [0.717, 1.165) is 48.7 Å². The number of H-pyrrole nitrogens is 1. The number of carbonyl (C=O) groups excluding carboxylic acids is 1. The highest BCUT2D eigenvalue weighted by Gasteiger charge is 2.60. The minimum absolute atomic E-state index is 0.0924. The Morgan fingerprint density at radius 3 is 2.70 bits per heavy atom. The zero-order chi connectivity index (χ0) is 16.2. The van der Waals surface area contributed by atoms with Crippen LogP contribution < -0.4 is 5.32 Å². The van der Waals surface area contributed by atoms with Gasteiger partial charge in [0.05, 0.1) is 11.2 Å². The van der Waals surface area contributed by atoms with Crippen LogP contribution in [0.1, 0.15) is 48.2 Å². The standard InChI is InChI=1S/C18H21ClN2O2/c1-11-15(13-9-12(19)3-4-14(13)21-11)16(22)20-10-17(7-8-17)18(23)5-2-6-18/h3-4,9,21,23H,2,5-8,10H2,1H3,(H,20,22). The van der Waals surface area contributed by atoms with E-state index in [2.05, 4.69) is 10.3 Å². The molecular formula is C18H21ClN2O2. The fourth-order valence-corrected chi connectivity index (χ4v) is 4.10. The normalized spacial score (nSPS) is 21.0. The van der Waals surface area contributed by atoms with E-state index in [1.54, 1.807) is 0 Å². The third-order valence-corrected chi connectivity index (χ3v) is 6.02. The molecule has 0 atom stereocenters. The van der Waals surface area contributed by atoms with Gasteiger partial charge in [-0.05, 0) is 57.2 Å². The van der Waals surface area contributed by atoms with Crippen LogP contribution in [0.4, 0.5) is 0 Å². The van der Waals surface area contributed by atoms with Gasteiger partial charge in [-0.1, -0.05) is 11.6 Å². The van der Waals surface area contributed by atoms with Gasteiger partial charge < -0.3 is 15.4 Å². The summed E-state index contributed by atoms with van der Waals surface area (Å²) < 4.78 is 0. The molecule has 0 aliphatic heterocycles. The molecule has 1 amide bonds. The molecule has 4 nitrogen and oxygen atoms in total. The number of aromatic amines is 1. The van der Waals surface area contributed by atoms with Crippen molar-refractivity contribution >= 4 is 28.4 Å². The molecule has 0 spiro atoms. The lowest BCUT2D eigenvalue weighted by molar-refractivity contribution is -0.0947. The van der Waals surface area contributed by atoms with E-state index in [1.807, 2.05) is 25.1 Å². The Balaban J connectivity index is 1.56. The van der Waals surface area contributed by atoms with Crippen LogP contribution in [0.5, 0.6) is 0 Å². The van der Waals surface area contributed by atoms with E-state index in [0.29, 0.717) is 17.1 Å². The predicted octanol–water partition coefficient (Wildman–Crippen LogP) is 3.55. The maximum atomic E-state index is 12.7. The van der Waals surface area contributed by atoms with Crippen LogP contribution in [-0.4, -0.2) is 28.1 Å². The van der Waals surface area contributed by atoms with Gasteiger partial charge in [-0.15, -0.1) is 0 Å². The molecule has 4 rings (SSSR count). The van der Waals surface area contributed by atoms with Crippen LogP contribution in [0, 0.1) is 12.3 Å². The van der Waals surface area contributed by atoms with Gasteiger partial charge in [0.25, 0.3) is 5.91 Å². The number of aliphatic hydroxyl groups is 1. The molecule has 23 heavy (non-hydrogen) atoms. The van der Waals surface area contributed by atoms with Crippen LogP contribution in [0.15, 0.2) is 18.2 Å². The van der Waals surface area contributed by atoms with Gasteiger partial charge in [0, 0.05) is 33.6 Å². The maximum absolute atomic E-state index is 12.7. The van der Waals surface area contributed by atoms with Crippen molar-refractivity contribution in [3.63, 3.8) is 0 Å². The van der Waals surface area contributed by atoms with Crippen LogP contribution in [0.25, 0.3) is 10.9 Å². The van der Waals surface area contributed by atoms with E-state index < -0.39 is 5.60 Å². The number of rotatable bonds is 4. The van der Waals surface area contributed by atoms with E-state index in [-0.39, 0.29) is 11.3 Å². The number of carbonyl (C=O) groups is 1. The third kappa shape index (κ3) is 2.27. The summed E-state index contributed by atoms with van der Waals surface area (Å²) in [5.74, 6) is -0.0924. The molecule has 2 aliphatic carbocycles. The van der Waals surface area contributed by atoms with Crippen molar-refractivity contribution in [1.29, 1.82) is 0 Å². The lowest BCUT2D eigenvalue weighted by Gasteiger charge is -2.44. The molecule has 0 unspecified atom stereocenters. The van der Waals surface area contributed by atoms with Gasteiger partial charge in [0.1, 0.15) is 0 Å². The van der Waals surface area contributed by atoms with Gasteiger partial charge in [0.2, 0.25) is 0 Å². The lowest BCUT2D eigenvalue weighted by Crippen LogP contribution is -2.50. The largest absolute Gasteiger partial charge is 0.389 e. The van der Waals surface area contributed by atoms with Crippen molar-refractivity contribution in [2.45, 2.75) is 44.6 Å². The second kappa shape index (κ2) is 4.99. The van der Waals surface area contributed by atoms with Crippen LogP contribution in [0.2, 0.25) is 5.02 Å². The highest BCUT2D eigenvalue weighted by atomic mass is 35.5. The second-order valence-electron chi connectivity index (χ2n) is 7.16. The zero-order valence-corrected chi connectivity index (χ0v) is 14.0. The van der Waals surface area contributed by atoms with Gasteiger partial charge in [-0.2, -0.15) is 0 Å². The van der Waals surface area contributed by atoms with Crippen molar-refractivity contribution in [1.82, 2.24) is 10.3 Å². The third-order valence-electron chi connectivity index (χ3n) is 5.78. The summed E-state index contributed by atoms with van der Waals surface area (Å²) in [6.07, 6.45) is 4.83. The number of aryl methyl sites for hydroxylation is 1. The number of hydrogen-bond acceptors (Lipinski definition) is 2. The first kappa shape index (κ1) is 15.0. The maximum Gasteiger partial charge on any atom is 0.253 e. The molecule has 1 aromatic heterocycles. The van der Waals surface area contributed by atoms with Gasteiger partial charge in [-0.3, -0.25) is 4.79 Å². The van der Waals surface area contributed by atoms with Crippen LogP contribution >= 0.6 is 11.6 Å². The minimum atomic E-state index is -0.557. The molecular weight excluding hydrogens is 312 g/mol. The number of fused-ring (bicyclic) bond motifs is 1. The number of halogens is 1. The van der Waals surface area contributed by atoms with Crippen molar-refractivity contribution in [2.24, 2.45) is 5.41 Å². The molecule has 3 N–H and O–H groups in total. The molecule has 2 saturated carbocycles. The zero-order valence-electron chi connectivity index (χ0n) is 13.2. The summed E-state index contributed by atoms with van der Waals surface area (Å²) in [6, 6.07) is 5.52. The number of nitrogens with one attached hydrogen (secondary N) is 2. The first-order valence-corrected chi connectivity index (χ1v) is 8.60. The molecule has 0 saturated heterocycles. The summed E-state index contributed by atoms with van der Waals surface area (Å²) >= 11 is 6.07. The summed E-state index contributed by atoms with van der Waals surface area (Å²) in [5, 5.41) is 15.1. The van der Waals surface area contributed by atoms with E-state index in [1.165, 1.54) is 0 Å². The highest BCUT2D eigenvalue weighted by Crippen LogP contribution is 2.60. The van der Waals surface area contributed by atoms with Crippen LogP contribution in [0.3, 0.4) is 0 Å². The number of aromatic nitrogens is 1. The first-order valence-electron chi connectivity index (χ1n) is 8.23.